The number of para-hydroxylation sites is 1. The molecule has 1 aliphatic rings. The van der Waals surface area contributed by atoms with Crippen molar-refractivity contribution in [3.8, 4) is 5.69 Å². The number of hydrogen-bond acceptors (Lipinski definition) is 4. The van der Waals surface area contributed by atoms with Crippen LogP contribution in [-0.2, 0) is 13.1 Å². The Morgan fingerprint density at radius 1 is 1.21 bits per heavy atom. The highest BCUT2D eigenvalue weighted by Gasteiger charge is 2.25. The van der Waals surface area contributed by atoms with Gasteiger partial charge in [-0.15, -0.1) is 10.2 Å². The van der Waals surface area contributed by atoms with Crippen molar-refractivity contribution >= 4 is 5.91 Å². The van der Waals surface area contributed by atoms with E-state index in [1.165, 1.54) is 16.9 Å². The van der Waals surface area contributed by atoms with Gasteiger partial charge in [-0.25, -0.2) is 9.07 Å². The smallest absolute Gasteiger partial charge is 0.257 e. The van der Waals surface area contributed by atoms with Crippen LogP contribution in [0.1, 0.15) is 22.0 Å². The summed E-state index contributed by atoms with van der Waals surface area (Å²) in [6, 6.07) is 6.31. The maximum Gasteiger partial charge on any atom is 0.257 e. The number of nitrogens with zero attached hydrogens (tertiary/aromatic N) is 6. The first-order valence-corrected chi connectivity index (χ1v) is 7.61. The van der Waals surface area contributed by atoms with Gasteiger partial charge in [0.25, 0.3) is 5.91 Å². The Hall–Kier alpha value is -3.03. The molecule has 0 atom stereocenters. The van der Waals surface area contributed by atoms with Crippen LogP contribution in [0, 0.1) is 12.7 Å². The van der Waals surface area contributed by atoms with E-state index >= 15 is 0 Å². The highest BCUT2D eigenvalue weighted by Crippen LogP contribution is 2.17. The average molecular weight is 326 g/mol. The van der Waals surface area contributed by atoms with Crippen molar-refractivity contribution in [2.75, 3.05) is 6.54 Å². The largest absolute Gasteiger partial charge is 0.329 e. The van der Waals surface area contributed by atoms with Crippen molar-refractivity contribution in [3.05, 3.63) is 59.7 Å². The monoisotopic (exact) mass is 326 g/mol. The number of carbonyl (C=O) groups is 1. The Kier molecular flexibility index (Phi) is 3.37. The zero-order chi connectivity index (χ0) is 16.7. The maximum absolute atomic E-state index is 13.8. The summed E-state index contributed by atoms with van der Waals surface area (Å²) >= 11 is 0. The molecule has 1 amide bonds. The van der Waals surface area contributed by atoms with Gasteiger partial charge in [0.05, 0.1) is 18.3 Å². The number of fused-ring (bicyclic) bond motifs is 1. The van der Waals surface area contributed by atoms with Crippen LogP contribution in [0.4, 0.5) is 4.39 Å². The molecule has 0 saturated carbocycles. The lowest BCUT2D eigenvalue weighted by atomic mass is 10.2. The molecule has 122 valence electrons. The summed E-state index contributed by atoms with van der Waals surface area (Å²) in [4.78, 5) is 14.4. The number of aryl methyl sites for hydroxylation is 1. The highest BCUT2D eigenvalue weighted by atomic mass is 19.1. The third kappa shape index (κ3) is 2.36. The van der Waals surface area contributed by atoms with Gasteiger partial charge in [-0.2, -0.15) is 5.10 Å². The number of aromatic nitrogens is 5. The number of benzene rings is 1. The number of rotatable bonds is 2. The molecular weight excluding hydrogens is 311 g/mol. The standard InChI is InChI=1S/C16H15FN6O/c1-11-19-20-15-10-21(6-7-22(11)15)16(24)12-8-18-23(9-12)14-5-3-2-4-13(14)17/h2-5,8-9H,6-7,10H2,1H3. The Morgan fingerprint density at radius 2 is 2.04 bits per heavy atom. The molecule has 8 heteroatoms. The van der Waals surface area contributed by atoms with Crippen LogP contribution in [0.15, 0.2) is 36.7 Å². The van der Waals surface area contributed by atoms with Gasteiger partial charge in [0.15, 0.2) is 5.82 Å². The lowest BCUT2D eigenvalue weighted by Crippen LogP contribution is -2.38. The second-order valence-electron chi connectivity index (χ2n) is 5.67. The molecule has 3 aromatic rings. The van der Waals surface area contributed by atoms with Crippen molar-refractivity contribution in [1.82, 2.24) is 29.4 Å². The van der Waals surface area contributed by atoms with E-state index in [9.17, 15) is 9.18 Å². The molecule has 2 aromatic heterocycles. The van der Waals surface area contributed by atoms with Gasteiger partial charge >= 0.3 is 0 Å². The molecule has 1 aliphatic heterocycles. The van der Waals surface area contributed by atoms with Gasteiger partial charge < -0.3 is 9.47 Å². The second-order valence-corrected chi connectivity index (χ2v) is 5.67. The van der Waals surface area contributed by atoms with E-state index in [0.717, 1.165) is 11.6 Å². The first kappa shape index (κ1) is 14.6. The molecule has 0 aliphatic carbocycles. The minimum Gasteiger partial charge on any atom is -0.329 e. The molecule has 0 N–H and O–H groups in total. The summed E-state index contributed by atoms with van der Waals surface area (Å²) in [5.74, 6) is 1.09. The number of carbonyl (C=O) groups excluding carboxylic acids is 1. The maximum atomic E-state index is 13.8. The Bertz CT molecular complexity index is 915. The van der Waals surface area contributed by atoms with Crippen LogP contribution in [0.2, 0.25) is 0 Å². The van der Waals surface area contributed by atoms with Crippen LogP contribution < -0.4 is 0 Å². The van der Waals surface area contributed by atoms with E-state index in [1.807, 2.05) is 11.5 Å². The Balaban J connectivity index is 1.57. The van der Waals surface area contributed by atoms with E-state index in [2.05, 4.69) is 15.3 Å². The lowest BCUT2D eigenvalue weighted by molar-refractivity contribution is 0.0706. The van der Waals surface area contributed by atoms with Crippen molar-refractivity contribution in [2.45, 2.75) is 20.0 Å². The third-order valence-corrected chi connectivity index (χ3v) is 4.15. The van der Waals surface area contributed by atoms with Crippen molar-refractivity contribution in [2.24, 2.45) is 0 Å². The zero-order valence-corrected chi connectivity index (χ0v) is 13.1. The molecule has 0 unspecified atom stereocenters. The second kappa shape index (κ2) is 5.55. The normalized spacial score (nSPS) is 13.8. The van der Waals surface area contributed by atoms with E-state index in [4.69, 9.17) is 0 Å². The van der Waals surface area contributed by atoms with Gasteiger partial charge in [0.2, 0.25) is 0 Å². The van der Waals surface area contributed by atoms with Crippen molar-refractivity contribution < 1.29 is 9.18 Å². The number of halogens is 1. The van der Waals surface area contributed by atoms with Crippen LogP contribution in [0.3, 0.4) is 0 Å². The SMILES string of the molecule is Cc1nnc2n1CCN(C(=O)c1cnn(-c3ccccc3F)c1)C2. The van der Waals surface area contributed by atoms with Gasteiger partial charge in [-0.05, 0) is 19.1 Å². The number of amides is 1. The van der Waals surface area contributed by atoms with E-state index in [-0.39, 0.29) is 11.7 Å². The summed E-state index contributed by atoms with van der Waals surface area (Å²) in [6.07, 6.45) is 3.00. The zero-order valence-electron chi connectivity index (χ0n) is 13.1. The van der Waals surface area contributed by atoms with Crippen LogP contribution in [0.25, 0.3) is 5.69 Å². The highest BCUT2D eigenvalue weighted by molar-refractivity contribution is 5.93. The van der Waals surface area contributed by atoms with E-state index in [0.29, 0.717) is 30.9 Å². The lowest BCUT2D eigenvalue weighted by Gasteiger charge is -2.27. The molecule has 4 rings (SSSR count). The molecule has 7 nitrogen and oxygen atoms in total. The summed E-state index contributed by atoms with van der Waals surface area (Å²) in [7, 11) is 0. The molecule has 24 heavy (non-hydrogen) atoms. The molecule has 0 bridgehead atoms. The van der Waals surface area contributed by atoms with Gasteiger partial charge in [-0.1, -0.05) is 12.1 Å². The summed E-state index contributed by atoms with van der Waals surface area (Å²) in [6.45, 7) is 3.55. The molecule has 0 spiro atoms. The van der Waals surface area contributed by atoms with Crippen LogP contribution in [0.5, 0.6) is 0 Å². The van der Waals surface area contributed by atoms with Crippen molar-refractivity contribution in [3.63, 3.8) is 0 Å². The van der Waals surface area contributed by atoms with Gasteiger partial charge in [0, 0.05) is 19.3 Å². The topological polar surface area (TPSA) is 68.8 Å². The molecule has 1 aromatic carbocycles. The van der Waals surface area contributed by atoms with Crippen molar-refractivity contribution in [1.29, 1.82) is 0 Å². The fourth-order valence-electron chi connectivity index (χ4n) is 2.86. The fourth-order valence-corrected chi connectivity index (χ4v) is 2.86. The van der Waals surface area contributed by atoms with E-state index in [1.54, 1.807) is 29.3 Å². The third-order valence-electron chi connectivity index (χ3n) is 4.15. The fraction of sp³-hybridized carbons (Fsp3) is 0.250. The Morgan fingerprint density at radius 3 is 2.88 bits per heavy atom. The predicted molar refractivity (Wildman–Crippen MR) is 83.0 cm³/mol. The molecule has 0 radical (unpaired) electrons. The first-order valence-electron chi connectivity index (χ1n) is 7.61. The molecular formula is C16H15FN6O. The quantitative estimate of drug-likeness (QED) is 0.717. The Labute approximate surface area is 137 Å². The predicted octanol–water partition coefficient (Wildman–Crippen LogP) is 1.57. The van der Waals surface area contributed by atoms with Crippen LogP contribution >= 0.6 is 0 Å². The minimum atomic E-state index is -0.388. The van der Waals surface area contributed by atoms with Gasteiger partial charge in [0.1, 0.15) is 17.3 Å². The molecule has 0 saturated heterocycles. The molecule has 0 fully saturated rings. The minimum absolute atomic E-state index is 0.149. The summed E-state index contributed by atoms with van der Waals surface area (Å²) in [5.41, 5.74) is 0.730. The first-order chi connectivity index (χ1) is 11.6. The average Bonchev–Trinajstić information content (AvgIpc) is 3.22. The molecule has 3 heterocycles. The van der Waals surface area contributed by atoms with Crippen LogP contribution in [-0.4, -0.2) is 41.9 Å². The van der Waals surface area contributed by atoms with E-state index < -0.39 is 0 Å². The van der Waals surface area contributed by atoms with Gasteiger partial charge in [-0.3, -0.25) is 4.79 Å². The summed E-state index contributed by atoms with van der Waals surface area (Å²) in [5, 5.41) is 12.2. The summed E-state index contributed by atoms with van der Waals surface area (Å²) < 4.78 is 17.2. The number of hydrogen-bond donors (Lipinski definition) is 0.